The standard InChI is InChI=1S/C33H29ClF3N9O5/c1-16-12-31(7-9-44(10-8-31)29(51)23-25(48)17(2)39-15-40-23)22-24(16)45(13-21(47)41-20-4-3-18(11-19(20)34)33(35,36)37)30-42-27(43-46(30)28(22)50)26(49)32(14-38)5-6-32/h3-4,11,15-16,48H,5-10,12-13H2,1-2H3,(H,41,47). The minimum atomic E-state index is -4.64. The number of aromatic hydroxyl groups is 1. The van der Waals surface area contributed by atoms with Crippen molar-refractivity contribution in [3.05, 3.63) is 73.9 Å². The van der Waals surface area contributed by atoms with Gasteiger partial charge in [0.05, 0.1) is 28.0 Å². The lowest BCUT2D eigenvalue weighted by Gasteiger charge is -2.39. The molecule has 2 N–H and O–H groups in total. The number of carbonyl (C=O) groups excluding carboxylic acids is 3. The highest BCUT2D eigenvalue weighted by Crippen LogP contribution is 2.51. The first-order valence-electron chi connectivity index (χ1n) is 16.1. The molecule has 1 aliphatic heterocycles. The Labute approximate surface area is 291 Å². The zero-order chi connectivity index (χ0) is 36.6. The molecule has 2 fully saturated rings. The normalized spacial score (nSPS) is 18.8. The minimum absolute atomic E-state index is 0.0723. The van der Waals surface area contributed by atoms with E-state index in [9.17, 15) is 42.7 Å². The second-order valence-electron chi connectivity index (χ2n) is 13.4. The van der Waals surface area contributed by atoms with Gasteiger partial charge in [0.25, 0.3) is 11.5 Å². The number of rotatable bonds is 6. The predicted molar refractivity (Wildman–Crippen MR) is 172 cm³/mol. The average Bonchev–Trinajstić information content (AvgIpc) is 3.67. The summed E-state index contributed by atoms with van der Waals surface area (Å²) < 4.78 is 42.0. The maximum atomic E-state index is 14.3. The number of hydrogen-bond acceptors (Lipinski definition) is 10. The van der Waals surface area contributed by atoms with Crippen LogP contribution in [0.5, 0.6) is 5.75 Å². The fourth-order valence-electron chi connectivity index (χ4n) is 7.34. The molecule has 3 aliphatic rings. The summed E-state index contributed by atoms with van der Waals surface area (Å²) in [6, 6.07) is 4.52. The first-order valence-corrected chi connectivity index (χ1v) is 16.4. The molecule has 1 saturated heterocycles. The molecular weight excluding hydrogens is 695 g/mol. The molecule has 0 radical (unpaired) electrons. The highest BCUT2D eigenvalue weighted by molar-refractivity contribution is 6.33. The van der Waals surface area contributed by atoms with E-state index in [1.54, 1.807) is 6.92 Å². The molecule has 7 rings (SSSR count). The van der Waals surface area contributed by atoms with Gasteiger partial charge in [-0.1, -0.05) is 18.5 Å². The number of nitrogens with one attached hydrogen (secondary N) is 1. The van der Waals surface area contributed by atoms with Crippen LogP contribution in [0.2, 0.25) is 5.02 Å². The predicted octanol–water partition coefficient (Wildman–Crippen LogP) is 4.17. The lowest BCUT2D eigenvalue weighted by Crippen LogP contribution is -2.46. The molecule has 51 heavy (non-hydrogen) atoms. The Kier molecular flexibility index (Phi) is 7.93. The van der Waals surface area contributed by atoms with Gasteiger partial charge in [-0.05, 0) is 63.1 Å². The number of amides is 2. The molecule has 14 nitrogen and oxygen atoms in total. The minimum Gasteiger partial charge on any atom is -0.504 e. The number of nitriles is 1. The number of ketones is 1. The van der Waals surface area contributed by atoms with E-state index in [2.05, 4.69) is 25.4 Å². The Balaban J connectivity index is 1.27. The van der Waals surface area contributed by atoms with E-state index in [0.717, 1.165) is 16.6 Å². The lowest BCUT2D eigenvalue weighted by molar-refractivity contribution is -0.137. The number of benzene rings is 1. The summed E-state index contributed by atoms with van der Waals surface area (Å²) in [6.45, 7) is 3.37. The van der Waals surface area contributed by atoms with Gasteiger partial charge in [0.2, 0.25) is 23.3 Å². The molecule has 0 bridgehead atoms. The molecule has 2 aliphatic carbocycles. The summed E-state index contributed by atoms with van der Waals surface area (Å²) in [5, 5.41) is 26.5. The van der Waals surface area contributed by atoms with Gasteiger partial charge in [0.15, 0.2) is 11.4 Å². The van der Waals surface area contributed by atoms with Crippen LogP contribution >= 0.6 is 11.6 Å². The number of aryl methyl sites for hydroxylation is 1. The van der Waals surface area contributed by atoms with Gasteiger partial charge in [-0.25, -0.2) is 9.97 Å². The van der Waals surface area contributed by atoms with Crippen LogP contribution in [0.3, 0.4) is 0 Å². The average molecular weight is 724 g/mol. The molecule has 1 aromatic carbocycles. The summed E-state index contributed by atoms with van der Waals surface area (Å²) >= 11 is 6.10. The van der Waals surface area contributed by atoms with Crippen LogP contribution in [0.1, 0.15) is 88.6 Å². The molecular formula is C33H29ClF3N9O5. The van der Waals surface area contributed by atoms with E-state index in [1.165, 1.54) is 15.8 Å². The van der Waals surface area contributed by atoms with E-state index in [1.807, 2.05) is 13.0 Å². The van der Waals surface area contributed by atoms with Gasteiger partial charge in [-0.2, -0.15) is 27.9 Å². The Morgan fingerprint density at radius 1 is 1.16 bits per heavy atom. The van der Waals surface area contributed by atoms with Crippen molar-refractivity contribution in [1.82, 2.24) is 34.0 Å². The zero-order valence-corrected chi connectivity index (χ0v) is 28.0. The number of Topliss-reactive ketones (excluding diaryl/α,β-unsaturated/α-hetero) is 1. The van der Waals surface area contributed by atoms with Gasteiger partial charge in [0.1, 0.15) is 18.3 Å². The van der Waals surface area contributed by atoms with Crippen LogP contribution < -0.4 is 10.9 Å². The van der Waals surface area contributed by atoms with Crippen LogP contribution in [-0.4, -0.2) is 69.8 Å². The van der Waals surface area contributed by atoms with Crippen molar-refractivity contribution in [3.63, 3.8) is 0 Å². The Morgan fingerprint density at radius 3 is 2.49 bits per heavy atom. The molecule has 3 aromatic heterocycles. The fourth-order valence-corrected chi connectivity index (χ4v) is 7.57. The number of halogens is 4. The van der Waals surface area contributed by atoms with E-state index in [0.29, 0.717) is 49.4 Å². The van der Waals surface area contributed by atoms with E-state index >= 15 is 0 Å². The van der Waals surface area contributed by atoms with Crippen LogP contribution in [0.15, 0.2) is 29.3 Å². The number of carbonyl (C=O) groups is 3. The molecule has 264 valence electrons. The summed E-state index contributed by atoms with van der Waals surface area (Å²) in [5.74, 6) is -2.93. The third kappa shape index (κ3) is 5.57. The molecule has 4 heterocycles. The third-order valence-corrected chi connectivity index (χ3v) is 10.5. The first-order chi connectivity index (χ1) is 24.1. The summed E-state index contributed by atoms with van der Waals surface area (Å²) in [4.78, 5) is 68.3. The number of piperidine rings is 1. The maximum Gasteiger partial charge on any atom is 0.416 e. The Hall–Kier alpha value is -5.37. The quantitative estimate of drug-likeness (QED) is 0.273. The highest BCUT2D eigenvalue weighted by atomic mass is 35.5. The van der Waals surface area contributed by atoms with E-state index < -0.39 is 52.3 Å². The molecule has 18 heteroatoms. The number of aromatic nitrogens is 6. The van der Waals surface area contributed by atoms with Crippen LogP contribution in [-0.2, 0) is 22.9 Å². The fraction of sp³-hybridized carbons (Fsp3) is 0.424. The van der Waals surface area contributed by atoms with Crippen LogP contribution in [0, 0.1) is 23.7 Å². The van der Waals surface area contributed by atoms with Crippen molar-refractivity contribution < 1.29 is 32.7 Å². The SMILES string of the molecule is Cc1ncnc(C(=O)N2CCC3(CC2)CC(C)c2c3c(=O)n3nc(C(=O)C4(C#N)CC4)nc3n2CC(=O)Nc2ccc(C(F)(F)F)cc2Cl)c1O. The second-order valence-corrected chi connectivity index (χ2v) is 13.8. The number of fused-ring (bicyclic) bond motifs is 3. The second kappa shape index (κ2) is 11.9. The maximum absolute atomic E-state index is 14.3. The molecule has 2 amide bonds. The monoisotopic (exact) mass is 723 g/mol. The van der Waals surface area contributed by atoms with Gasteiger partial charge in [-0.3, -0.25) is 19.2 Å². The molecule has 1 spiro atoms. The summed E-state index contributed by atoms with van der Waals surface area (Å²) in [7, 11) is 0. The van der Waals surface area contributed by atoms with Crippen molar-refractivity contribution >= 4 is 40.7 Å². The van der Waals surface area contributed by atoms with Crippen molar-refractivity contribution in [2.24, 2.45) is 5.41 Å². The summed E-state index contributed by atoms with van der Waals surface area (Å²) in [5.41, 5.74) is -2.74. The van der Waals surface area contributed by atoms with E-state index in [4.69, 9.17) is 11.6 Å². The van der Waals surface area contributed by atoms with Crippen molar-refractivity contribution in [3.8, 4) is 11.8 Å². The number of alkyl halides is 3. The van der Waals surface area contributed by atoms with Gasteiger partial charge >= 0.3 is 6.18 Å². The van der Waals surface area contributed by atoms with Crippen LogP contribution in [0.4, 0.5) is 18.9 Å². The summed E-state index contributed by atoms with van der Waals surface area (Å²) in [6.07, 6.45) is -1.67. The molecule has 4 aromatic rings. The number of nitrogens with zero attached hydrogens (tertiary/aromatic N) is 8. The molecule has 1 saturated carbocycles. The Morgan fingerprint density at radius 2 is 1.86 bits per heavy atom. The third-order valence-electron chi connectivity index (χ3n) is 10.2. The topological polar surface area (TPSA) is 188 Å². The van der Waals surface area contributed by atoms with Gasteiger partial charge in [0, 0.05) is 29.8 Å². The lowest BCUT2D eigenvalue weighted by atomic mass is 9.73. The zero-order valence-electron chi connectivity index (χ0n) is 27.2. The number of likely N-dealkylation sites (tertiary alicyclic amines) is 1. The smallest absolute Gasteiger partial charge is 0.416 e. The molecule has 1 atom stereocenters. The number of anilines is 1. The Bertz CT molecular complexity index is 2270. The van der Waals surface area contributed by atoms with Crippen molar-refractivity contribution in [1.29, 1.82) is 5.26 Å². The highest BCUT2D eigenvalue weighted by Gasteiger charge is 2.53. The molecule has 1 unspecified atom stereocenters. The van der Waals surface area contributed by atoms with Gasteiger partial charge < -0.3 is 19.9 Å². The van der Waals surface area contributed by atoms with Crippen molar-refractivity contribution in [2.45, 2.75) is 70.0 Å². The van der Waals surface area contributed by atoms with Gasteiger partial charge in [-0.15, -0.1) is 5.10 Å². The largest absolute Gasteiger partial charge is 0.504 e. The first kappa shape index (κ1) is 34.1. The van der Waals surface area contributed by atoms with Crippen molar-refractivity contribution in [2.75, 3.05) is 18.4 Å². The van der Waals surface area contributed by atoms with Crippen LogP contribution in [0.25, 0.3) is 5.78 Å². The van der Waals surface area contributed by atoms with E-state index in [-0.39, 0.29) is 58.5 Å². The number of hydrogen-bond donors (Lipinski definition) is 2.